The SMILES string of the molecule is CC(c1ccc(Br)cc1F)N(CC(=O)O)CC(F)(F)F. The molecule has 0 saturated carbocycles. The average molecular weight is 358 g/mol. The Labute approximate surface area is 121 Å². The molecule has 1 rings (SSSR count). The number of hydrogen-bond donors (Lipinski definition) is 1. The third-order valence-electron chi connectivity index (χ3n) is 2.68. The van der Waals surface area contributed by atoms with E-state index in [-0.39, 0.29) is 5.56 Å². The first-order valence-electron chi connectivity index (χ1n) is 5.57. The summed E-state index contributed by atoms with van der Waals surface area (Å²) in [7, 11) is 0. The maximum Gasteiger partial charge on any atom is 0.401 e. The lowest BCUT2D eigenvalue weighted by Crippen LogP contribution is -2.39. The molecule has 0 heterocycles. The fourth-order valence-electron chi connectivity index (χ4n) is 1.77. The van der Waals surface area contributed by atoms with E-state index >= 15 is 0 Å². The summed E-state index contributed by atoms with van der Waals surface area (Å²) in [5, 5.41) is 8.68. The number of rotatable bonds is 5. The number of carboxylic acids is 1. The van der Waals surface area contributed by atoms with Gasteiger partial charge in [0.15, 0.2) is 0 Å². The van der Waals surface area contributed by atoms with Gasteiger partial charge in [0, 0.05) is 16.1 Å². The van der Waals surface area contributed by atoms with E-state index in [2.05, 4.69) is 15.9 Å². The van der Waals surface area contributed by atoms with E-state index in [1.165, 1.54) is 19.1 Å². The maximum absolute atomic E-state index is 13.7. The Hall–Kier alpha value is -1.15. The maximum atomic E-state index is 13.7. The molecule has 0 amide bonds. The van der Waals surface area contributed by atoms with Crippen LogP contribution in [0.3, 0.4) is 0 Å². The summed E-state index contributed by atoms with van der Waals surface area (Å²) in [4.78, 5) is 11.3. The number of benzene rings is 1. The minimum Gasteiger partial charge on any atom is -0.480 e. The Morgan fingerprint density at radius 3 is 2.50 bits per heavy atom. The average Bonchev–Trinajstić information content (AvgIpc) is 2.24. The van der Waals surface area contributed by atoms with Crippen LogP contribution in [0.25, 0.3) is 0 Å². The van der Waals surface area contributed by atoms with Crippen LogP contribution in [0.2, 0.25) is 0 Å². The van der Waals surface area contributed by atoms with Crippen LogP contribution in [0.5, 0.6) is 0 Å². The fraction of sp³-hybridized carbons (Fsp3) is 0.417. The molecular weight excluding hydrogens is 346 g/mol. The van der Waals surface area contributed by atoms with Crippen LogP contribution in [0.4, 0.5) is 17.6 Å². The second-order valence-electron chi connectivity index (χ2n) is 4.26. The molecule has 1 aromatic rings. The lowest BCUT2D eigenvalue weighted by Gasteiger charge is -2.28. The zero-order valence-corrected chi connectivity index (χ0v) is 12.0. The van der Waals surface area contributed by atoms with E-state index in [1.807, 2.05) is 0 Å². The van der Waals surface area contributed by atoms with Crippen molar-refractivity contribution in [3.8, 4) is 0 Å². The zero-order valence-electron chi connectivity index (χ0n) is 10.4. The largest absolute Gasteiger partial charge is 0.480 e. The molecule has 0 bridgehead atoms. The molecule has 3 nitrogen and oxygen atoms in total. The van der Waals surface area contributed by atoms with Crippen molar-refractivity contribution in [2.24, 2.45) is 0 Å². The minimum atomic E-state index is -4.56. The number of halogens is 5. The minimum absolute atomic E-state index is 0.0127. The molecule has 1 aromatic carbocycles. The number of carboxylic acid groups (broad SMARTS) is 1. The Kier molecular flexibility index (Phi) is 5.52. The van der Waals surface area contributed by atoms with Gasteiger partial charge in [-0.2, -0.15) is 13.2 Å². The molecule has 0 aromatic heterocycles. The molecule has 0 aliphatic rings. The van der Waals surface area contributed by atoms with Gasteiger partial charge in [0.2, 0.25) is 0 Å². The van der Waals surface area contributed by atoms with Gasteiger partial charge in [-0.3, -0.25) is 9.69 Å². The molecule has 0 fully saturated rings. The number of nitrogens with zero attached hydrogens (tertiary/aromatic N) is 1. The van der Waals surface area contributed by atoms with Crippen LogP contribution in [0.1, 0.15) is 18.5 Å². The van der Waals surface area contributed by atoms with E-state index in [4.69, 9.17) is 5.11 Å². The van der Waals surface area contributed by atoms with Gasteiger partial charge in [-0.1, -0.05) is 22.0 Å². The lowest BCUT2D eigenvalue weighted by atomic mass is 10.1. The fourth-order valence-corrected chi connectivity index (χ4v) is 2.10. The first-order valence-corrected chi connectivity index (χ1v) is 6.37. The highest BCUT2D eigenvalue weighted by Gasteiger charge is 2.34. The highest BCUT2D eigenvalue weighted by atomic mass is 79.9. The monoisotopic (exact) mass is 357 g/mol. The molecule has 0 aliphatic heterocycles. The van der Waals surface area contributed by atoms with Gasteiger partial charge in [0.05, 0.1) is 13.1 Å². The van der Waals surface area contributed by atoms with Crippen molar-refractivity contribution in [3.05, 3.63) is 34.1 Å². The summed E-state index contributed by atoms with van der Waals surface area (Å²) >= 11 is 3.04. The van der Waals surface area contributed by atoms with Crippen LogP contribution >= 0.6 is 15.9 Å². The van der Waals surface area contributed by atoms with Crippen molar-refractivity contribution < 1.29 is 27.5 Å². The van der Waals surface area contributed by atoms with E-state index in [0.29, 0.717) is 9.37 Å². The van der Waals surface area contributed by atoms with Crippen molar-refractivity contribution in [1.82, 2.24) is 4.90 Å². The summed E-state index contributed by atoms with van der Waals surface area (Å²) in [6.07, 6.45) is -4.56. The lowest BCUT2D eigenvalue weighted by molar-refractivity contribution is -0.158. The van der Waals surface area contributed by atoms with Gasteiger partial charge in [-0.15, -0.1) is 0 Å². The third-order valence-corrected chi connectivity index (χ3v) is 3.17. The normalized spacial score (nSPS) is 13.6. The number of aliphatic carboxylic acids is 1. The number of carbonyl (C=O) groups is 1. The van der Waals surface area contributed by atoms with E-state index in [9.17, 15) is 22.4 Å². The van der Waals surface area contributed by atoms with Crippen molar-refractivity contribution in [1.29, 1.82) is 0 Å². The summed E-state index contributed by atoms with van der Waals surface area (Å²) in [6, 6.07) is 2.93. The summed E-state index contributed by atoms with van der Waals surface area (Å²) < 4.78 is 51.6. The molecule has 8 heteroatoms. The van der Waals surface area contributed by atoms with E-state index in [1.54, 1.807) is 0 Å². The van der Waals surface area contributed by atoms with Gasteiger partial charge in [-0.25, -0.2) is 4.39 Å². The zero-order chi connectivity index (χ0) is 15.5. The first-order chi connectivity index (χ1) is 9.10. The van der Waals surface area contributed by atoms with Crippen molar-refractivity contribution in [3.63, 3.8) is 0 Å². The third kappa shape index (κ3) is 5.09. The van der Waals surface area contributed by atoms with Gasteiger partial charge in [0.1, 0.15) is 5.82 Å². The van der Waals surface area contributed by atoms with Gasteiger partial charge in [0.25, 0.3) is 0 Å². The molecule has 0 saturated heterocycles. The molecule has 0 aliphatic carbocycles. The predicted molar refractivity (Wildman–Crippen MR) is 67.8 cm³/mol. The summed E-state index contributed by atoms with van der Waals surface area (Å²) in [6.45, 7) is -0.910. The van der Waals surface area contributed by atoms with E-state index in [0.717, 1.165) is 6.07 Å². The molecular formula is C12H12BrF4NO2. The van der Waals surface area contributed by atoms with Crippen LogP contribution in [-0.4, -0.2) is 35.2 Å². The van der Waals surface area contributed by atoms with Crippen molar-refractivity contribution in [2.75, 3.05) is 13.1 Å². The van der Waals surface area contributed by atoms with Crippen LogP contribution in [0.15, 0.2) is 22.7 Å². The molecule has 112 valence electrons. The topological polar surface area (TPSA) is 40.5 Å². The van der Waals surface area contributed by atoms with Crippen LogP contribution in [0, 0.1) is 5.82 Å². The summed E-state index contributed by atoms with van der Waals surface area (Å²) in [5.41, 5.74) is 0.0127. The first kappa shape index (κ1) is 16.9. The van der Waals surface area contributed by atoms with Crippen LogP contribution in [-0.2, 0) is 4.79 Å². The van der Waals surface area contributed by atoms with Crippen molar-refractivity contribution in [2.45, 2.75) is 19.1 Å². The Morgan fingerprint density at radius 1 is 1.45 bits per heavy atom. The van der Waals surface area contributed by atoms with Crippen LogP contribution < -0.4 is 0 Å². The number of hydrogen-bond acceptors (Lipinski definition) is 2. The Bertz CT molecular complexity index is 493. The van der Waals surface area contributed by atoms with Gasteiger partial charge >= 0.3 is 12.1 Å². The second-order valence-corrected chi connectivity index (χ2v) is 5.17. The van der Waals surface area contributed by atoms with Gasteiger partial charge < -0.3 is 5.11 Å². The standard InChI is InChI=1S/C12H12BrF4NO2/c1-7(9-3-2-8(13)4-10(9)14)18(5-11(19)20)6-12(15,16)17/h2-4,7H,5-6H2,1H3,(H,19,20). The second kappa shape index (κ2) is 6.53. The molecule has 0 radical (unpaired) electrons. The highest BCUT2D eigenvalue weighted by molar-refractivity contribution is 9.10. The van der Waals surface area contributed by atoms with Gasteiger partial charge in [-0.05, 0) is 19.1 Å². The molecule has 1 atom stereocenters. The quantitative estimate of drug-likeness (QED) is 0.818. The molecule has 1 unspecified atom stereocenters. The summed E-state index contributed by atoms with van der Waals surface area (Å²) in [5.74, 6) is -2.09. The Morgan fingerprint density at radius 2 is 2.05 bits per heavy atom. The smallest absolute Gasteiger partial charge is 0.401 e. The molecule has 20 heavy (non-hydrogen) atoms. The van der Waals surface area contributed by atoms with Crippen molar-refractivity contribution >= 4 is 21.9 Å². The highest BCUT2D eigenvalue weighted by Crippen LogP contribution is 2.28. The number of alkyl halides is 3. The van der Waals surface area contributed by atoms with E-state index < -0.39 is 37.1 Å². The Balaban J connectivity index is 3.02. The predicted octanol–water partition coefficient (Wildman–Crippen LogP) is 3.60. The molecule has 0 spiro atoms. The molecule has 1 N–H and O–H groups in total.